The second-order valence-corrected chi connectivity index (χ2v) is 5.89. The van der Waals surface area contributed by atoms with E-state index in [-0.39, 0.29) is 0 Å². The molecule has 16 heavy (non-hydrogen) atoms. The van der Waals surface area contributed by atoms with Crippen molar-refractivity contribution in [1.29, 1.82) is 0 Å². The molecule has 0 radical (unpaired) electrons. The predicted octanol–water partition coefficient (Wildman–Crippen LogP) is 6.06. The number of hydrogen-bond acceptors (Lipinski definition) is 0. The molecule has 0 saturated carbocycles. The Labute approximate surface area is 104 Å². The molecule has 98 valence electrons. The molecule has 0 aliphatic rings. The first-order valence-corrected chi connectivity index (χ1v) is 7.61. The number of rotatable bonds is 10. The molecule has 0 saturated heterocycles. The van der Waals surface area contributed by atoms with Crippen molar-refractivity contribution < 1.29 is 0 Å². The lowest BCUT2D eigenvalue weighted by Gasteiger charge is -2.19. The van der Waals surface area contributed by atoms with Crippen molar-refractivity contribution in [3.63, 3.8) is 0 Å². The van der Waals surface area contributed by atoms with Crippen LogP contribution in [0.15, 0.2) is 0 Å². The quantitative estimate of drug-likeness (QED) is 0.397. The van der Waals surface area contributed by atoms with Crippen molar-refractivity contribution in [3.05, 3.63) is 0 Å². The predicted molar refractivity (Wildman–Crippen MR) is 75.8 cm³/mol. The SMILES string of the molecule is CCCCC(C)C(C)CCCCC(C)CC. The van der Waals surface area contributed by atoms with Crippen LogP contribution < -0.4 is 0 Å². The number of unbranched alkanes of at least 4 members (excludes halogenated alkanes) is 2. The standard InChI is InChI=1S/C16H34/c1-6-8-12-15(4)16(5)13-10-9-11-14(3)7-2/h14-16H,6-13H2,1-5H3. The van der Waals surface area contributed by atoms with E-state index in [4.69, 9.17) is 0 Å². The maximum absolute atomic E-state index is 2.45. The lowest BCUT2D eigenvalue weighted by atomic mass is 9.86. The second kappa shape index (κ2) is 10.2. The first-order chi connectivity index (χ1) is 7.61. The van der Waals surface area contributed by atoms with E-state index in [0.717, 1.165) is 17.8 Å². The fourth-order valence-corrected chi connectivity index (χ4v) is 2.26. The molecule has 0 heterocycles. The third-order valence-electron chi connectivity index (χ3n) is 4.29. The molecule has 0 amide bonds. The molecule has 0 N–H and O–H groups in total. The Morgan fingerprint density at radius 1 is 0.688 bits per heavy atom. The molecule has 0 fully saturated rings. The highest BCUT2D eigenvalue weighted by atomic mass is 14.2. The maximum atomic E-state index is 2.45. The van der Waals surface area contributed by atoms with Gasteiger partial charge in [-0.15, -0.1) is 0 Å². The van der Waals surface area contributed by atoms with Gasteiger partial charge in [-0.2, -0.15) is 0 Å². The fraction of sp³-hybridized carbons (Fsp3) is 1.00. The van der Waals surface area contributed by atoms with Crippen LogP contribution in [-0.4, -0.2) is 0 Å². The first kappa shape index (κ1) is 16.0. The first-order valence-electron chi connectivity index (χ1n) is 7.61. The van der Waals surface area contributed by atoms with E-state index in [0.29, 0.717) is 0 Å². The van der Waals surface area contributed by atoms with Crippen LogP contribution in [0.2, 0.25) is 0 Å². The van der Waals surface area contributed by atoms with Gasteiger partial charge in [0.15, 0.2) is 0 Å². The van der Waals surface area contributed by atoms with Crippen LogP contribution >= 0.6 is 0 Å². The molecule has 0 aliphatic carbocycles. The Morgan fingerprint density at radius 3 is 1.69 bits per heavy atom. The summed E-state index contributed by atoms with van der Waals surface area (Å²) in [4.78, 5) is 0. The minimum Gasteiger partial charge on any atom is -0.0654 e. The summed E-state index contributed by atoms with van der Waals surface area (Å²) in [7, 11) is 0. The summed E-state index contributed by atoms with van der Waals surface area (Å²) < 4.78 is 0. The van der Waals surface area contributed by atoms with Gasteiger partial charge in [0.2, 0.25) is 0 Å². The summed E-state index contributed by atoms with van der Waals surface area (Å²) in [5.41, 5.74) is 0. The Bertz CT molecular complexity index is 139. The smallest absolute Gasteiger partial charge is 0.0417 e. The van der Waals surface area contributed by atoms with E-state index in [1.807, 2.05) is 0 Å². The highest BCUT2D eigenvalue weighted by molar-refractivity contribution is 4.63. The number of hydrogen-bond donors (Lipinski definition) is 0. The average molecular weight is 226 g/mol. The Morgan fingerprint density at radius 2 is 1.19 bits per heavy atom. The second-order valence-electron chi connectivity index (χ2n) is 5.89. The molecular weight excluding hydrogens is 192 g/mol. The van der Waals surface area contributed by atoms with Crippen molar-refractivity contribution in [1.82, 2.24) is 0 Å². The van der Waals surface area contributed by atoms with Gasteiger partial charge in [0.25, 0.3) is 0 Å². The summed E-state index contributed by atoms with van der Waals surface area (Å²) in [6.45, 7) is 11.9. The van der Waals surface area contributed by atoms with Crippen LogP contribution in [0, 0.1) is 17.8 Å². The zero-order valence-corrected chi connectivity index (χ0v) is 12.4. The van der Waals surface area contributed by atoms with Crippen molar-refractivity contribution in [2.45, 2.75) is 86.0 Å². The molecule has 0 nitrogen and oxygen atoms in total. The Kier molecular flexibility index (Phi) is 10.2. The molecule has 3 unspecified atom stereocenters. The molecule has 0 heteroatoms. The largest absolute Gasteiger partial charge is 0.0654 e. The van der Waals surface area contributed by atoms with Crippen molar-refractivity contribution in [2.24, 2.45) is 17.8 Å². The third kappa shape index (κ3) is 8.19. The third-order valence-corrected chi connectivity index (χ3v) is 4.29. The zero-order valence-electron chi connectivity index (χ0n) is 12.4. The summed E-state index contributed by atoms with van der Waals surface area (Å²) in [6.07, 6.45) is 11.3. The van der Waals surface area contributed by atoms with Gasteiger partial charge in [0, 0.05) is 0 Å². The monoisotopic (exact) mass is 226 g/mol. The van der Waals surface area contributed by atoms with Gasteiger partial charge >= 0.3 is 0 Å². The van der Waals surface area contributed by atoms with Gasteiger partial charge in [-0.25, -0.2) is 0 Å². The van der Waals surface area contributed by atoms with E-state index < -0.39 is 0 Å². The topological polar surface area (TPSA) is 0 Å². The zero-order chi connectivity index (χ0) is 12.4. The molecule has 0 rings (SSSR count). The van der Waals surface area contributed by atoms with E-state index in [9.17, 15) is 0 Å². The van der Waals surface area contributed by atoms with Crippen molar-refractivity contribution in [3.8, 4) is 0 Å². The van der Waals surface area contributed by atoms with Crippen LogP contribution in [0.25, 0.3) is 0 Å². The van der Waals surface area contributed by atoms with Crippen molar-refractivity contribution >= 4 is 0 Å². The summed E-state index contributed by atoms with van der Waals surface area (Å²) in [5.74, 6) is 2.81. The molecule has 0 spiro atoms. The minimum atomic E-state index is 0.934. The Balaban J connectivity index is 3.45. The highest BCUT2D eigenvalue weighted by Crippen LogP contribution is 2.23. The molecule has 0 aromatic heterocycles. The van der Waals surface area contributed by atoms with Gasteiger partial charge in [-0.05, 0) is 17.8 Å². The van der Waals surface area contributed by atoms with E-state index in [1.165, 1.54) is 51.4 Å². The lowest BCUT2D eigenvalue weighted by Crippen LogP contribution is -2.08. The molecule has 0 aliphatic heterocycles. The summed E-state index contributed by atoms with van der Waals surface area (Å²) in [5, 5.41) is 0. The maximum Gasteiger partial charge on any atom is -0.0417 e. The van der Waals surface area contributed by atoms with Crippen LogP contribution in [-0.2, 0) is 0 Å². The van der Waals surface area contributed by atoms with E-state index >= 15 is 0 Å². The highest BCUT2D eigenvalue weighted by Gasteiger charge is 2.11. The van der Waals surface area contributed by atoms with Crippen LogP contribution in [0.1, 0.15) is 86.0 Å². The molecule has 0 aromatic rings. The fourth-order valence-electron chi connectivity index (χ4n) is 2.26. The van der Waals surface area contributed by atoms with Gasteiger partial charge in [0.05, 0.1) is 0 Å². The van der Waals surface area contributed by atoms with Gasteiger partial charge in [-0.1, -0.05) is 86.0 Å². The van der Waals surface area contributed by atoms with E-state index in [2.05, 4.69) is 34.6 Å². The summed E-state index contributed by atoms with van der Waals surface area (Å²) >= 11 is 0. The van der Waals surface area contributed by atoms with Crippen LogP contribution in [0.5, 0.6) is 0 Å². The summed E-state index contributed by atoms with van der Waals surface area (Å²) in [6, 6.07) is 0. The van der Waals surface area contributed by atoms with Crippen LogP contribution in [0.3, 0.4) is 0 Å². The lowest BCUT2D eigenvalue weighted by molar-refractivity contribution is 0.321. The Hall–Kier alpha value is 0. The van der Waals surface area contributed by atoms with E-state index in [1.54, 1.807) is 0 Å². The normalized spacial score (nSPS) is 17.1. The van der Waals surface area contributed by atoms with Crippen LogP contribution in [0.4, 0.5) is 0 Å². The van der Waals surface area contributed by atoms with Gasteiger partial charge in [0.1, 0.15) is 0 Å². The van der Waals surface area contributed by atoms with Gasteiger partial charge < -0.3 is 0 Å². The minimum absolute atomic E-state index is 0.934. The molecule has 3 atom stereocenters. The van der Waals surface area contributed by atoms with Gasteiger partial charge in [-0.3, -0.25) is 0 Å². The van der Waals surface area contributed by atoms with Crippen molar-refractivity contribution in [2.75, 3.05) is 0 Å². The molecule has 0 aromatic carbocycles. The molecule has 0 bridgehead atoms. The average Bonchev–Trinajstić information content (AvgIpc) is 2.30. The molecular formula is C16H34.